The fraction of sp³-hybridized carbons (Fsp3) is 0.273. The molecule has 0 radical (unpaired) electrons. The molecule has 0 atom stereocenters. The smallest absolute Gasteiger partial charge is 0.248 e. The van der Waals surface area contributed by atoms with Gasteiger partial charge >= 0.3 is 0 Å². The molecule has 0 unspecified atom stereocenters. The fourth-order valence-electron chi connectivity index (χ4n) is 3.61. The number of benzene rings is 1. The SMILES string of the molecule is Cc1noc(/C=C/c2cccs2)c1S(=O)(=O)N1CCC(C(=O)Nc2ccc(Cl)cc2)CC1. The number of halogens is 1. The zero-order chi connectivity index (χ0) is 22.7. The number of carbonyl (C=O) groups excluding carboxylic acids is 1. The first kappa shape index (κ1) is 22.7. The van der Waals surface area contributed by atoms with E-state index >= 15 is 0 Å². The normalized spacial score (nSPS) is 15.9. The first-order chi connectivity index (χ1) is 15.3. The molecule has 1 aromatic carbocycles. The summed E-state index contributed by atoms with van der Waals surface area (Å²) in [4.78, 5) is 13.7. The van der Waals surface area contributed by atoms with Gasteiger partial charge in [0.25, 0.3) is 0 Å². The van der Waals surface area contributed by atoms with E-state index in [9.17, 15) is 13.2 Å². The summed E-state index contributed by atoms with van der Waals surface area (Å²) < 4.78 is 33.4. The first-order valence-electron chi connectivity index (χ1n) is 10.1. The predicted molar refractivity (Wildman–Crippen MR) is 126 cm³/mol. The second-order valence-electron chi connectivity index (χ2n) is 7.48. The van der Waals surface area contributed by atoms with Gasteiger partial charge in [0, 0.05) is 34.6 Å². The highest BCUT2D eigenvalue weighted by atomic mass is 35.5. The highest BCUT2D eigenvalue weighted by molar-refractivity contribution is 7.89. The maximum absolute atomic E-state index is 13.3. The number of aromatic nitrogens is 1. The van der Waals surface area contributed by atoms with Gasteiger partial charge in [-0.3, -0.25) is 4.79 Å². The lowest BCUT2D eigenvalue weighted by atomic mass is 9.97. The summed E-state index contributed by atoms with van der Waals surface area (Å²) in [5, 5.41) is 9.27. The molecule has 0 spiro atoms. The van der Waals surface area contributed by atoms with Crippen LogP contribution >= 0.6 is 22.9 Å². The molecule has 3 aromatic rings. The largest absolute Gasteiger partial charge is 0.355 e. The number of anilines is 1. The molecular weight excluding hydrogens is 470 g/mol. The quantitative estimate of drug-likeness (QED) is 0.529. The van der Waals surface area contributed by atoms with Gasteiger partial charge in [0.15, 0.2) is 10.7 Å². The number of amides is 1. The molecule has 10 heteroatoms. The highest BCUT2D eigenvalue weighted by Gasteiger charge is 2.35. The molecule has 2 aromatic heterocycles. The number of nitrogens with one attached hydrogen (secondary N) is 1. The second-order valence-corrected chi connectivity index (χ2v) is 10.8. The summed E-state index contributed by atoms with van der Waals surface area (Å²) in [6, 6.07) is 10.7. The maximum Gasteiger partial charge on any atom is 0.248 e. The Balaban J connectivity index is 1.43. The Hall–Kier alpha value is -2.46. The first-order valence-corrected chi connectivity index (χ1v) is 12.8. The molecule has 4 rings (SSSR count). The monoisotopic (exact) mass is 491 g/mol. The summed E-state index contributed by atoms with van der Waals surface area (Å²) in [5.74, 6) is -0.178. The van der Waals surface area contributed by atoms with Gasteiger partial charge in [0.2, 0.25) is 15.9 Å². The van der Waals surface area contributed by atoms with E-state index < -0.39 is 10.0 Å². The van der Waals surface area contributed by atoms with Gasteiger partial charge in [-0.2, -0.15) is 4.31 Å². The Morgan fingerprint density at radius 1 is 1.22 bits per heavy atom. The van der Waals surface area contributed by atoms with Crippen LogP contribution in [-0.2, 0) is 14.8 Å². The molecular formula is C22H22ClN3O4S2. The highest BCUT2D eigenvalue weighted by Crippen LogP contribution is 2.30. The van der Waals surface area contributed by atoms with Crippen LogP contribution in [0.2, 0.25) is 5.02 Å². The number of hydrogen-bond acceptors (Lipinski definition) is 6. The number of hydrogen-bond donors (Lipinski definition) is 1. The van der Waals surface area contributed by atoms with Crippen molar-refractivity contribution in [3.8, 4) is 0 Å². The van der Waals surface area contributed by atoms with Gasteiger partial charge < -0.3 is 9.84 Å². The van der Waals surface area contributed by atoms with Crippen LogP contribution in [0.3, 0.4) is 0 Å². The second kappa shape index (κ2) is 9.58. The summed E-state index contributed by atoms with van der Waals surface area (Å²) in [6.07, 6.45) is 4.30. The summed E-state index contributed by atoms with van der Waals surface area (Å²) in [5.41, 5.74) is 0.982. The van der Waals surface area contributed by atoms with Crippen molar-refractivity contribution in [1.29, 1.82) is 0 Å². The maximum atomic E-state index is 13.3. The van der Waals surface area contributed by atoms with E-state index in [1.54, 1.807) is 54.7 Å². The number of rotatable bonds is 6. The lowest BCUT2D eigenvalue weighted by molar-refractivity contribution is -0.120. The zero-order valence-electron chi connectivity index (χ0n) is 17.3. The lowest BCUT2D eigenvalue weighted by Gasteiger charge is -2.30. The number of sulfonamides is 1. The van der Waals surface area contributed by atoms with Crippen molar-refractivity contribution in [2.45, 2.75) is 24.7 Å². The van der Waals surface area contributed by atoms with E-state index in [-0.39, 0.29) is 35.6 Å². The summed E-state index contributed by atoms with van der Waals surface area (Å²) in [6.45, 7) is 2.12. The Morgan fingerprint density at radius 2 is 1.94 bits per heavy atom. The van der Waals surface area contributed by atoms with Crippen molar-refractivity contribution in [2.24, 2.45) is 5.92 Å². The average Bonchev–Trinajstić information content (AvgIpc) is 3.43. The van der Waals surface area contributed by atoms with Crippen molar-refractivity contribution >= 4 is 56.7 Å². The van der Waals surface area contributed by atoms with Crippen LogP contribution in [0.15, 0.2) is 51.2 Å². The number of carbonyl (C=O) groups is 1. The Bertz CT molecular complexity index is 1210. The minimum atomic E-state index is -3.80. The van der Waals surface area contributed by atoms with E-state index in [2.05, 4.69) is 10.5 Å². The van der Waals surface area contributed by atoms with E-state index in [1.807, 2.05) is 17.5 Å². The van der Waals surface area contributed by atoms with Gasteiger partial charge in [-0.15, -0.1) is 11.3 Å². The van der Waals surface area contributed by atoms with Crippen molar-refractivity contribution in [1.82, 2.24) is 9.46 Å². The Morgan fingerprint density at radius 3 is 2.59 bits per heavy atom. The molecule has 168 valence electrons. The molecule has 1 aliphatic heterocycles. The van der Waals surface area contributed by atoms with Crippen LogP contribution < -0.4 is 5.32 Å². The van der Waals surface area contributed by atoms with Crippen LogP contribution in [-0.4, -0.2) is 36.9 Å². The van der Waals surface area contributed by atoms with Gasteiger partial charge in [-0.25, -0.2) is 8.42 Å². The van der Waals surface area contributed by atoms with Crippen molar-refractivity contribution < 1.29 is 17.7 Å². The molecule has 7 nitrogen and oxygen atoms in total. The van der Waals surface area contributed by atoms with Crippen LogP contribution in [0, 0.1) is 12.8 Å². The number of nitrogens with zero attached hydrogens (tertiary/aromatic N) is 2. The van der Waals surface area contributed by atoms with Gasteiger partial charge in [-0.05, 0) is 67.6 Å². The average molecular weight is 492 g/mol. The number of aryl methyl sites for hydroxylation is 1. The molecule has 1 aliphatic rings. The molecule has 0 aliphatic carbocycles. The van der Waals surface area contributed by atoms with E-state index in [0.29, 0.717) is 29.2 Å². The van der Waals surface area contributed by atoms with Crippen LogP contribution in [0.25, 0.3) is 12.2 Å². The molecule has 1 N–H and O–H groups in total. The van der Waals surface area contributed by atoms with Gasteiger partial charge in [0.05, 0.1) is 0 Å². The predicted octanol–water partition coefficient (Wildman–Crippen LogP) is 4.91. The Kier molecular flexibility index (Phi) is 6.80. The number of thiophene rings is 1. The number of piperidine rings is 1. The van der Waals surface area contributed by atoms with Crippen molar-refractivity contribution in [2.75, 3.05) is 18.4 Å². The minimum absolute atomic E-state index is 0.0781. The Labute approximate surface area is 195 Å². The van der Waals surface area contributed by atoms with E-state index in [4.69, 9.17) is 16.1 Å². The minimum Gasteiger partial charge on any atom is -0.355 e. The molecule has 1 fully saturated rings. The standard InChI is InChI=1S/C22H22ClN3O4S2/c1-15-21(20(30-25-15)9-8-19-3-2-14-31-19)32(28,29)26-12-10-16(11-13-26)22(27)24-18-6-4-17(23)5-7-18/h2-9,14,16H,10-13H2,1H3,(H,24,27)/b9-8+. The van der Waals surface area contributed by atoms with Crippen LogP contribution in [0.5, 0.6) is 0 Å². The third kappa shape index (κ3) is 4.96. The zero-order valence-corrected chi connectivity index (χ0v) is 19.7. The van der Waals surface area contributed by atoms with Gasteiger partial charge in [0.1, 0.15) is 5.69 Å². The summed E-state index contributed by atoms with van der Waals surface area (Å²) in [7, 11) is -3.80. The molecule has 0 saturated carbocycles. The van der Waals surface area contributed by atoms with E-state index in [0.717, 1.165) is 4.88 Å². The van der Waals surface area contributed by atoms with Crippen molar-refractivity contribution in [3.05, 3.63) is 63.1 Å². The molecule has 3 heterocycles. The van der Waals surface area contributed by atoms with Crippen LogP contribution in [0.1, 0.15) is 29.2 Å². The van der Waals surface area contributed by atoms with Gasteiger partial charge in [-0.1, -0.05) is 22.8 Å². The molecule has 1 saturated heterocycles. The topological polar surface area (TPSA) is 92.5 Å². The summed E-state index contributed by atoms with van der Waals surface area (Å²) >= 11 is 7.42. The third-order valence-electron chi connectivity index (χ3n) is 5.31. The molecule has 0 bridgehead atoms. The third-order valence-corrected chi connectivity index (χ3v) is 8.46. The lowest BCUT2D eigenvalue weighted by Crippen LogP contribution is -2.41. The molecule has 1 amide bonds. The fourth-order valence-corrected chi connectivity index (χ4v) is 6.07. The van der Waals surface area contributed by atoms with Crippen LogP contribution in [0.4, 0.5) is 5.69 Å². The van der Waals surface area contributed by atoms with E-state index in [1.165, 1.54) is 4.31 Å². The van der Waals surface area contributed by atoms with Crippen molar-refractivity contribution in [3.63, 3.8) is 0 Å². The molecule has 32 heavy (non-hydrogen) atoms.